The van der Waals surface area contributed by atoms with Gasteiger partial charge in [-0.2, -0.15) is 23.5 Å². The predicted octanol–water partition coefficient (Wildman–Crippen LogP) is 2.25. The molecule has 2 unspecified atom stereocenters. The van der Waals surface area contributed by atoms with E-state index < -0.39 is 0 Å². The summed E-state index contributed by atoms with van der Waals surface area (Å²) < 4.78 is 4.17. The van der Waals surface area contributed by atoms with E-state index in [4.69, 9.17) is 0 Å². The fraction of sp³-hybridized carbons (Fsp3) is 0.667. The smallest absolute Gasteiger partial charge is 0.0557 e. The van der Waals surface area contributed by atoms with Crippen LogP contribution < -0.4 is 5.32 Å². The van der Waals surface area contributed by atoms with Gasteiger partial charge in [-0.05, 0) is 24.6 Å². The second-order valence-corrected chi connectivity index (χ2v) is 6.53. The Morgan fingerprint density at radius 2 is 2.50 bits per heavy atom. The Hall–Kier alpha value is 0.290. The van der Waals surface area contributed by atoms with Gasteiger partial charge in [-0.1, -0.05) is 0 Å². The van der Waals surface area contributed by atoms with Gasteiger partial charge in [0, 0.05) is 33.6 Å². The number of thioether (sulfide) groups is 2. The van der Waals surface area contributed by atoms with E-state index in [0.717, 1.165) is 0 Å². The summed E-state index contributed by atoms with van der Waals surface area (Å²) in [5.74, 6) is 3.85. The summed E-state index contributed by atoms with van der Waals surface area (Å²) in [7, 11) is 2.05. The molecule has 78 valence electrons. The van der Waals surface area contributed by atoms with E-state index >= 15 is 0 Å². The molecule has 0 radical (unpaired) electrons. The minimum atomic E-state index is 0.486. The summed E-state index contributed by atoms with van der Waals surface area (Å²) in [4.78, 5) is 1.37. The molecule has 5 heteroatoms. The van der Waals surface area contributed by atoms with E-state index in [2.05, 4.69) is 39.3 Å². The standard InChI is InChI=1S/C9H14N2S3/c1-10-9(7-2-3-11-14-7)8-6-12-4-5-13-8/h2-3,8-10H,4-6H2,1H3. The number of aromatic nitrogens is 1. The molecule has 2 atom stereocenters. The van der Waals surface area contributed by atoms with Crippen LogP contribution in [0.25, 0.3) is 0 Å². The molecule has 0 spiro atoms. The van der Waals surface area contributed by atoms with E-state index in [1.807, 2.05) is 13.2 Å². The molecule has 14 heavy (non-hydrogen) atoms. The summed E-state index contributed by atoms with van der Waals surface area (Å²) in [6, 6.07) is 2.62. The van der Waals surface area contributed by atoms with E-state index in [9.17, 15) is 0 Å². The number of rotatable bonds is 3. The van der Waals surface area contributed by atoms with Gasteiger partial charge in [-0.15, -0.1) is 0 Å². The van der Waals surface area contributed by atoms with Crippen LogP contribution in [0, 0.1) is 0 Å². The number of nitrogens with zero attached hydrogens (tertiary/aromatic N) is 1. The van der Waals surface area contributed by atoms with Crippen molar-refractivity contribution in [2.45, 2.75) is 11.3 Å². The van der Waals surface area contributed by atoms with Gasteiger partial charge in [-0.3, -0.25) is 0 Å². The highest BCUT2D eigenvalue weighted by Gasteiger charge is 2.25. The van der Waals surface area contributed by atoms with Crippen LogP contribution in [0.3, 0.4) is 0 Å². The monoisotopic (exact) mass is 246 g/mol. The zero-order valence-electron chi connectivity index (χ0n) is 8.10. The zero-order chi connectivity index (χ0) is 9.80. The van der Waals surface area contributed by atoms with Crippen LogP contribution in [0.15, 0.2) is 12.3 Å². The van der Waals surface area contributed by atoms with Crippen LogP contribution >= 0.6 is 35.1 Å². The maximum Gasteiger partial charge on any atom is 0.0557 e. The van der Waals surface area contributed by atoms with Crippen molar-refractivity contribution in [3.8, 4) is 0 Å². The van der Waals surface area contributed by atoms with Gasteiger partial charge in [0.05, 0.1) is 6.04 Å². The highest BCUT2D eigenvalue weighted by molar-refractivity contribution is 8.06. The fourth-order valence-corrected chi connectivity index (χ4v) is 5.34. The highest BCUT2D eigenvalue weighted by atomic mass is 32.2. The molecular formula is C9H14N2S3. The van der Waals surface area contributed by atoms with Gasteiger partial charge >= 0.3 is 0 Å². The maximum atomic E-state index is 4.17. The number of hydrogen-bond donors (Lipinski definition) is 1. The van der Waals surface area contributed by atoms with E-state index in [1.165, 1.54) is 22.1 Å². The Bertz CT molecular complexity index is 257. The Labute approximate surface area is 97.4 Å². The summed E-state index contributed by atoms with van der Waals surface area (Å²) in [5.41, 5.74) is 0. The van der Waals surface area contributed by atoms with Crippen molar-refractivity contribution < 1.29 is 0 Å². The molecule has 2 rings (SSSR count). The molecule has 1 aliphatic rings. The quantitative estimate of drug-likeness (QED) is 0.884. The average molecular weight is 246 g/mol. The summed E-state index contributed by atoms with van der Waals surface area (Å²) in [6.07, 6.45) is 1.89. The Morgan fingerprint density at radius 1 is 1.57 bits per heavy atom. The van der Waals surface area contributed by atoms with Gasteiger partial charge in [0.15, 0.2) is 0 Å². The van der Waals surface area contributed by atoms with Gasteiger partial charge in [0.1, 0.15) is 0 Å². The summed E-state index contributed by atoms with van der Waals surface area (Å²) in [6.45, 7) is 0. The minimum Gasteiger partial charge on any atom is -0.311 e. The molecule has 2 heterocycles. The van der Waals surface area contributed by atoms with Gasteiger partial charge in [0.25, 0.3) is 0 Å². The lowest BCUT2D eigenvalue weighted by Crippen LogP contribution is -2.30. The fourth-order valence-electron chi connectivity index (χ4n) is 1.60. The molecule has 1 saturated heterocycles. The topological polar surface area (TPSA) is 24.9 Å². The zero-order valence-corrected chi connectivity index (χ0v) is 10.6. The molecular weight excluding hydrogens is 232 g/mol. The molecule has 1 aromatic heterocycles. The van der Waals surface area contributed by atoms with Gasteiger partial charge in [0.2, 0.25) is 0 Å². The van der Waals surface area contributed by atoms with Crippen LogP contribution in [0.4, 0.5) is 0 Å². The predicted molar refractivity (Wildman–Crippen MR) is 67.5 cm³/mol. The summed E-state index contributed by atoms with van der Waals surface area (Å²) >= 11 is 5.77. The van der Waals surface area contributed by atoms with Crippen LogP contribution in [0.1, 0.15) is 10.9 Å². The lowest BCUT2D eigenvalue weighted by molar-refractivity contribution is 0.602. The lowest BCUT2D eigenvalue weighted by Gasteiger charge is -2.28. The largest absolute Gasteiger partial charge is 0.311 e. The van der Waals surface area contributed by atoms with Crippen LogP contribution in [0.5, 0.6) is 0 Å². The van der Waals surface area contributed by atoms with Gasteiger partial charge in [-0.25, -0.2) is 4.37 Å². The second kappa shape index (κ2) is 5.39. The van der Waals surface area contributed by atoms with E-state index in [0.29, 0.717) is 11.3 Å². The molecule has 0 aliphatic carbocycles. The molecule has 1 fully saturated rings. The molecule has 0 saturated carbocycles. The Balaban J connectivity index is 2.04. The van der Waals surface area contributed by atoms with Crippen molar-refractivity contribution in [1.82, 2.24) is 9.69 Å². The normalized spacial score (nSPS) is 24.8. The molecule has 1 N–H and O–H groups in total. The van der Waals surface area contributed by atoms with Crippen LogP contribution in [0.2, 0.25) is 0 Å². The van der Waals surface area contributed by atoms with E-state index in [-0.39, 0.29) is 0 Å². The van der Waals surface area contributed by atoms with Crippen molar-refractivity contribution in [1.29, 1.82) is 0 Å². The molecule has 1 aromatic rings. The van der Waals surface area contributed by atoms with Crippen molar-refractivity contribution in [3.63, 3.8) is 0 Å². The first-order valence-electron chi connectivity index (χ1n) is 4.69. The molecule has 1 aliphatic heterocycles. The number of hydrogen-bond acceptors (Lipinski definition) is 5. The SMILES string of the molecule is CNC(c1ccns1)C1CSCCS1. The van der Waals surface area contributed by atoms with Crippen molar-refractivity contribution in [2.24, 2.45) is 0 Å². The first-order chi connectivity index (χ1) is 6.92. The maximum absolute atomic E-state index is 4.17. The third kappa shape index (κ3) is 2.45. The molecule has 0 amide bonds. The van der Waals surface area contributed by atoms with Crippen LogP contribution in [-0.4, -0.2) is 33.9 Å². The van der Waals surface area contributed by atoms with E-state index in [1.54, 1.807) is 11.5 Å². The van der Waals surface area contributed by atoms with Crippen molar-refractivity contribution in [3.05, 3.63) is 17.1 Å². The average Bonchev–Trinajstić information content (AvgIpc) is 2.74. The second-order valence-electron chi connectivity index (χ2n) is 3.17. The molecule has 0 bridgehead atoms. The van der Waals surface area contributed by atoms with Crippen molar-refractivity contribution >= 4 is 35.1 Å². The number of nitrogens with one attached hydrogen (secondary N) is 1. The molecule has 0 aromatic carbocycles. The summed E-state index contributed by atoms with van der Waals surface area (Å²) in [5, 5.41) is 4.12. The third-order valence-electron chi connectivity index (χ3n) is 2.29. The van der Waals surface area contributed by atoms with Gasteiger partial charge < -0.3 is 5.32 Å². The minimum absolute atomic E-state index is 0.486. The first kappa shape index (κ1) is 10.8. The highest BCUT2D eigenvalue weighted by Crippen LogP contribution is 2.34. The van der Waals surface area contributed by atoms with Crippen molar-refractivity contribution in [2.75, 3.05) is 24.3 Å². The Morgan fingerprint density at radius 3 is 3.07 bits per heavy atom. The van der Waals surface area contributed by atoms with Crippen LogP contribution in [-0.2, 0) is 0 Å². The molecule has 2 nitrogen and oxygen atoms in total. The Kier molecular flexibility index (Phi) is 4.16. The third-order valence-corrected chi connectivity index (χ3v) is 5.98. The lowest BCUT2D eigenvalue weighted by atomic mass is 10.2. The first-order valence-corrected chi connectivity index (χ1v) is 7.66.